The fourth-order valence-electron chi connectivity index (χ4n) is 4.12. The number of carbonyl (C=O) groups is 1. The molecule has 2 heterocycles. The van der Waals surface area contributed by atoms with E-state index >= 15 is 4.39 Å². The Morgan fingerprint density at radius 3 is 2.42 bits per heavy atom. The first-order chi connectivity index (χ1) is 18.1. The summed E-state index contributed by atoms with van der Waals surface area (Å²) < 4.78 is 39.8. The van der Waals surface area contributed by atoms with Gasteiger partial charge in [-0.3, -0.25) is 0 Å². The molecule has 0 saturated heterocycles. The molecule has 38 heavy (non-hydrogen) atoms. The van der Waals surface area contributed by atoms with Crippen LogP contribution in [0.5, 0.6) is 0 Å². The van der Waals surface area contributed by atoms with E-state index in [4.69, 9.17) is 10.2 Å². The number of nitrogens with two attached hydrogens (primary N) is 1. The van der Waals surface area contributed by atoms with E-state index in [1.807, 2.05) is 30.3 Å². The summed E-state index contributed by atoms with van der Waals surface area (Å²) in [5.74, 6) is -1.50. The van der Waals surface area contributed by atoms with E-state index in [0.29, 0.717) is 33.9 Å². The normalized spacial score (nSPS) is 11.6. The standard InChI is InChI=1S/C27H21FN4O4S2/c1-16-11-23(28)22(18-5-3-2-4-6-18)13-21(16)25-19(12-17-7-9-20(10-8-17)38(29,35)36)14-32(31-25)27-30-24(15-37-27)26(33)34/h2-11,13-15H,12H2,1H3,(H,33,34)(H2,29,35,36). The number of nitrogens with zero attached hydrogens (tertiary/aromatic N) is 3. The maximum atomic E-state index is 15.0. The molecular formula is C27H21FN4O4S2. The fraction of sp³-hybridized carbons (Fsp3) is 0.0741. The van der Waals surface area contributed by atoms with Crippen LogP contribution in [0.4, 0.5) is 4.39 Å². The Bertz CT molecular complexity index is 1760. The van der Waals surface area contributed by atoms with Crippen LogP contribution in [0.3, 0.4) is 0 Å². The van der Waals surface area contributed by atoms with Gasteiger partial charge in [-0.2, -0.15) is 5.10 Å². The number of aryl methyl sites for hydroxylation is 1. The van der Waals surface area contributed by atoms with Gasteiger partial charge < -0.3 is 5.11 Å². The summed E-state index contributed by atoms with van der Waals surface area (Å²) in [4.78, 5) is 15.5. The molecule has 0 bridgehead atoms. The molecule has 8 nitrogen and oxygen atoms in total. The van der Waals surface area contributed by atoms with Crippen LogP contribution in [-0.4, -0.2) is 34.3 Å². The predicted octanol–water partition coefficient (Wildman–Crippen LogP) is 5.05. The van der Waals surface area contributed by atoms with E-state index in [1.165, 1.54) is 28.3 Å². The van der Waals surface area contributed by atoms with Gasteiger partial charge in [-0.25, -0.2) is 32.4 Å². The van der Waals surface area contributed by atoms with Crippen molar-refractivity contribution in [3.8, 4) is 27.5 Å². The van der Waals surface area contributed by atoms with Crippen molar-refractivity contribution in [2.75, 3.05) is 0 Å². The molecule has 5 aromatic rings. The Morgan fingerprint density at radius 1 is 1.08 bits per heavy atom. The third kappa shape index (κ3) is 5.12. The highest BCUT2D eigenvalue weighted by Crippen LogP contribution is 2.34. The molecule has 0 aliphatic carbocycles. The molecule has 5 rings (SSSR count). The minimum Gasteiger partial charge on any atom is -0.476 e. The second-order valence-corrected chi connectivity index (χ2v) is 11.0. The average Bonchev–Trinajstić information content (AvgIpc) is 3.52. The van der Waals surface area contributed by atoms with E-state index in [1.54, 1.807) is 31.3 Å². The molecule has 0 saturated carbocycles. The summed E-state index contributed by atoms with van der Waals surface area (Å²) in [7, 11) is -3.83. The minimum absolute atomic E-state index is 0.00281. The van der Waals surface area contributed by atoms with Crippen molar-refractivity contribution in [1.82, 2.24) is 14.8 Å². The minimum atomic E-state index is -3.83. The van der Waals surface area contributed by atoms with Gasteiger partial charge in [0.15, 0.2) is 5.69 Å². The lowest BCUT2D eigenvalue weighted by atomic mass is 9.94. The fourth-order valence-corrected chi connectivity index (χ4v) is 5.35. The van der Waals surface area contributed by atoms with Gasteiger partial charge in [0.2, 0.25) is 15.2 Å². The summed E-state index contributed by atoms with van der Waals surface area (Å²) in [5, 5.41) is 21.0. The number of carboxylic acids is 1. The van der Waals surface area contributed by atoms with E-state index < -0.39 is 16.0 Å². The van der Waals surface area contributed by atoms with Gasteiger partial charge in [-0.1, -0.05) is 42.5 Å². The molecule has 3 N–H and O–H groups in total. The summed E-state index contributed by atoms with van der Waals surface area (Å²) in [6.45, 7) is 1.79. The van der Waals surface area contributed by atoms with Crippen molar-refractivity contribution in [2.24, 2.45) is 5.14 Å². The lowest BCUT2D eigenvalue weighted by molar-refractivity contribution is 0.0691. The number of aromatic carboxylic acids is 1. The predicted molar refractivity (Wildman–Crippen MR) is 142 cm³/mol. The Balaban J connectivity index is 1.64. The Kier molecular flexibility index (Phi) is 6.66. The van der Waals surface area contributed by atoms with E-state index in [-0.39, 0.29) is 16.4 Å². The first-order valence-corrected chi connectivity index (χ1v) is 13.8. The van der Waals surface area contributed by atoms with Crippen LogP contribution >= 0.6 is 11.3 Å². The number of benzene rings is 3. The van der Waals surface area contributed by atoms with Gasteiger partial charge in [0.25, 0.3) is 0 Å². The molecular weight excluding hydrogens is 527 g/mol. The molecule has 192 valence electrons. The van der Waals surface area contributed by atoms with Crippen LogP contribution in [-0.2, 0) is 16.4 Å². The number of aromatic nitrogens is 3. The van der Waals surface area contributed by atoms with Crippen LogP contribution in [0.2, 0.25) is 0 Å². The quantitative estimate of drug-likeness (QED) is 0.293. The van der Waals surface area contributed by atoms with E-state index in [2.05, 4.69) is 4.98 Å². The molecule has 11 heteroatoms. The smallest absolute Gasteiger partial charge is 0.355 e. The molecule has 0 aliphatic heterocycles. The maximum Gasteiger partial charge on any atom is 0.355 e. The van der Waals surface area contributed by atoms with Crippen molar-refractivity contribution < 1.29 is 22.7 Å². The van der Waals surface area contributed by atoms with Crippen LogP contribution < -0.4 is 5.14 Å². The molecule has 0 fully saturated rings. The summed E-state index contributed by atoms with van der Waals surface area (Å²) in [6.07, 6.45) is 2.12. The van der Waals surface area contributed by atoms with Gasteiger partial charge in [-0.15, -0.1) is 11.3 Å². The maximum absolute atomic E-state index is 15.0. The number of sulfonamides is 1. The SMILES string of the molecule is Cc1cc(F)c(-c2ccccc2)cc1-c1nn(-c2nc(C(=O)O)cs2)cc1Cc1ccc(S(N)(=O)=O)cc1. The summed E-state index contributed by atoms with van der Waals surface area (Å²) in [6, 6.07) is 18.6. The number of halogens is 1. The number of hydrogen-bond acceptors (Lipinski definition) is 6. The zero-order chi connectivity index (χ0) is 27.0. The van der Waals surface area contributed by atoms with Crippen LogP contribution in [0, 0.1) is 12.7 Å². The van der Waals surface area contributed by atoms with Crippen molar-refractivity contribution in [2.45, 2.75) is 18.2 Å². The van der Waals surface area contributed by atoms with E-state index in [9.17, 15) is 18.3 Å². The van der Waals surface area contributed by atoms with Crippen molar-refractivity contribution in [3.63, 3.8) is 0 Å². The largest absolute Gasteiger partial charge is 0.476 e. The summed E-state index contributed by atoms with van der Waals surface area (Å²) in [5.41, 5.74) is 4.55. The molecule has 3 aromatic carbocycles. The van der Waals surface area contributed by atoms with Gasteiger partial charge in [0, 0.05) is 34.7 Å². The second-order valence-electron chi connectivity index (χ2n) is 8.65. The first-order valence-electron chi connectivity index (χ1n) is 11.4. The zero-order valence-electron chi connectivity index (χ0n) is 20.0. The molecule has 2 aromatic heterocycles. The highest BCUT2D eigenvalue weighted by Gasteiger charge is 2.20. The van der Waals surface area contributed by atoms with Gasteiger partial charge in [0.05, 0.1) is 10.6 Å². The van der Waals surface area contributed by atoms with Crippen LogP contribution in [0.1, 0.15) is 27.2 Å². The Labute approximate surface area is 221 Å². The molecule has 0 amide bonds. The number of rotatable bonds is 7. The van der Waals surface area contributed by atoms with Crippen molar-refractivity contribution in [1.29, 1.82) is 0 Å². The second kappa shape index (κ2) is 9.93. The van der Waals surface area contributed by atoms with E-state index in [0.717, 1.165) is 28.0 Å². The average molecular weight is 549 g/mol. The zero-order valence-corrected chi connectivity index (χ0v) is 21.6. The van der Waals surface area contributed by atoms with Gasteiger partial charge in [-0.05, 0) is 47.9 Å². The molecule has 0 spiro atoms. The topological polar surface area (TPSA) is 128 Å². The third-order valence-corrected chi connectivity index (χ3v) is 7.76. The number of hydrogen-bond donors (Lipinski definition) is 2. The highest BCUT2D eigenvalue weighted by atomic mass is 32.2. The first kappa shape index (κ1) is 25.5. The molecule has 0 unspecified atom stereocenters. The molecule has 0 aliphatic rings. The van der Waals surface area contributed by atoms with Crippen LogP contribution in [0.25, 0.3) is 27.5 Å². The number of primary sulfonamides is 1. The molecule has 0 radical (unpaired) electrons. The third-order valence-electron chi connectivity index (χ3n) is 6.00. The lowest BCUT2D eigenvalue weighted by Gasteiger charge is -2.11. The van der Waals surface area contributed by atoms with Crippen molar-refractivity contribution in [3.05, 3.63) is 107 Å². The van der Waals surface area contributed by atoms with Crippen LogP contribution in [0.15, 0.2) is 83.2 Å². The monoisotopic (exact) mass is 548 g/mol. The van der Waals surface area contributed by atoms with Crippen molar-refractivity contribution >= 4 is 27.3 Å². The lowest BCUT2D eigenvalue weighted by Crippen LogP contribution is -2.11. The van der Waals surface area contributed by atoms with Gasteiger partial charge >= 0.3 is 5.97 Å². The van der Waals surface area contributed by atoms with Gasteiger partial charge in [0.1, 0.15) is 5.82 Å². The Hall–Kier alpha value is -4.19. The highest BCUT2D eigenvalue weighted by molar-refractivity contribution is 7.89. The Morgan fingerprint density at radius 2 is 1.79 bits per heavy atom. The molecule has 0 atom stereocenters. The number of carboxylic acid groups (broad SMARTS) is 1. The summed E-state index contributed by atoms with van der Waals surface area (Å²) >= 11 is 1.13. The number of thiazole rings is 1.